The summed E-state index contributed by atoms with van der Waals surface area (Å²) in [5, 5.41) is 8.07. The zero-order valence-corrected chi connectivity index (χ0v) is 11.9. The smallest absolute Gasteiger partial charge is 0.314 e. The van der Waals surface area contributed by atoms with Crippen LogP contribution in [0.5, 0.6) is 5.75 Å². The fourth-order valence-corrected chi connectivity index (χ4v) is 1.50. The van der Waals surface area contributed by atoms with E-state index in [0.717, 1.165) is 6.42 Å². The van der Waals surface area contributed by atoms with Gasteiger partial charge in [-0.1, -0.05) is 6.92 Å². The maximum atomic E-state index is 11.8. The molecule has 1 rings (SSSR count). The number of rotatable bonds is 7. The highest BCUT2D eigenvalue weighted by molar-refractivity contribution is 5.94. The molecule has 0 radical (unpaired) electrons. The molecule has 20 heavy (non-hydrogen) atoms. The third-order valence-electron chi connectivity index (χ3n) is 2.58. The van der Waals surface area contributed by atoms with Gasteiger partial charge in [-0.2, -0.15) is 0 Å². The lowest BCUT2D eigenvalue weighted by Gasteiger charge is -2.08. The average Bonchev–Trinajstić information content (AvgIpc) is 2.49. The van der Waals surface area contributed by atoms with Crippen LogP contribution in [-0.2, 0) is 0 Å². The van der Waals surface area contributed by atoms with Crippen LogP contribution >= 0.6 is 0 Å². The number of ether oxygens (including phenoxy) is 1. The molecular weight excluding hydrogens is 258 g/mol. The van der Waals surface area contributed by atoms with Gasteiger partial charge in [0.05, 0.1) is 7.11 Å². The summed E-state index contributed by atoms with van der Waals surface area (Å²) in [6.07, 6.45) is 0.891. The van der Waals surface area contributed by atoms with Gasteiger partial charge in [-0.3, -0.25) is 4.79 Å². The van der Waals surface area contributed by atoms with E-state index in [9.17, 15) is 9.59 Å². The van der Waals surface area contributed by atoms with Gasteiger partial charge in [0.2, 0.25) is 0 Å². The normalized spacial score (nSPS) is 9.70. The third-order valence-corrected chi connectivity index (χ3v) is 2.58. The highest BCUT2D eigenvalue weighted by atomic mass is 16.5. The molecule has 0 saturated carbocycles. The van der Waals surface area contributed by atoms with Gasteiger partial charge in [-0.25, -0.2) is 4.79 Å². The molecule has 3 amide bonds. The molecule has 0 aromatic heterocycles. The monoisotopic (exact) mass is 279 g/mol. The van der Waals surface area contributed by atoms with Crippen LogP contribution in [0.3, 0.4) is 0 Å². The molecule has 0 saturated heterocycles. The second-order valence-electron chi connectivity index (χ2n) is 4.17. The minimum absolute atomic E-state index is 0.177. The zero-order chi connectivity index (χ0) is 14.8. The number of nitrogens with one attached hydrogen (secondary N) is 3. The first kappa shape index (κ1) is 15.8. The minimum atomic E-state index is -0.217. The summed E-state index contributed by atoms with van der Waals surface area (Å²) in [5.74, 6) is 0.527. The predicted molar refractivity (Wildman–Crippen MR) is 77.0 cm³/mol. The number of amides is 3. The molecule has 0 spiro atoms. The van der Waals surface area contributed by atoms with E-state index in [1.54, 1.807) is 31.4 Å². The van der Waals surface area contributed by atoms with E-state index >= 15 is 0 Å². The molecule has 1 aromatic carbocycles. The predicted octanol–water partition coefficient (Wildman–Crippen LogP) is 1.13. The van der Waals surface area contributed by atoms with Crippen molar-refractivity contribution in [2.75, 3.05) is 26.7 Å². The summed E-state index contributed by atoms with van der Waals surface area (Å²) in [5.41, 5.74) is 0.557. The Kier molecular flexibility index (Phi) is 6.95. The van der Waals surface area contributed by atoms with Crippen molar-refractivity contribution in [1.29, 1.82) is 0 Å². The molecule has 110 valence electrons. The Morgan fingerprint density at radius 2 is 1.60 bits per heavy atom. The summed E-state index contributed by atoms with van der Waals surface area (Å²) < 4.78 is 5.02. The molecule has 0 aliphatic heterocycles. The summed E-state index contributed by atoms with van der Waals surface area (Å²) >= 11 is 0. The third kappa shape index (κ3) is 5.60. The van der Waals surface area contributed by atoms with Crippen molar-refractivity contribution >= 4 is 11.9 Å². The highest BCUT2D eigenvalue weighted by Gasteiger charge is 2.05. The van der Waals surface area contributed by atoms with Gasteiger partial charge in [0.25, 0.3) is 5.91 Å². The molecule has 0 aliphatic rings. The van der Waals surface area contributed by atoms with Crippen LogP contribution in [0.2, 0.25) is 0 Å². The Balaban J connectivity index is 2.24. The minimum Gasteiger partial charge on any atom is -0.497 e. The van der Waals surface area contributed by atoms with E-state index in [0.29, 0.717) is 30.9 Å². The van der Waals surface area contributed by atoms with Crippen molar-refractivity contribution in [2.24, 2.45) is 0 Å². The van der Waals surface area contributed by atoms with Crippen molar-refractivity contribution < 1.29 is 14.3 Å². The fraction of sp³-hybridized carbons (Fsp3) is 0.429. The molecular formula is C14H21N3O3. The Morgan fingerprint density at radius 1 is 1.00 bits per heavy atom. The van der Waals surface area contributed by atoms with Crippen LogP contribution in [0, 0.1) is 0 Å². The van der Waals surface area contributed by atoms with E-state index in [4.69, 9.17) is 4.74 Å². The van der Waals surface area contributed by atoms with Gasteiger partial charge < -0.3 is 20.7 Å². The molecule has 0 atom stereocenters. The summed E-state index contributed by atoms with van der Waals surface area (Å²) in [7, 11) is 1.57. The van der Waals surface area contributed by atoms with Crippen molar-refractivity contribution in [3.63, 3.8) is 0 Å². The van der Waals surface area contributed by atoms with Crippen LogP contribution in [0.1, 0.15) is 23.7 Å². The van der Waals surface area contributed by atoms with Gasteiger partial charge in [0.1, 0.15) is 5.75 Å². The van der Waals surface area contributed by atoms with Crippen LogP contribution in [0.25, 0.3) is 0 Å². The number of urea groups is 1. The van der Waals surface area contributed by atoms with Crippen LogP contribution in [0.15, 0.2) is 24.3 Å². The van der Waals surface area contributed by atoms with Gasteiger partial charge in [0, 0.05) is 25.2 Å². The molecule has 0 fully saturated rings. The zero-order valence-electron chi connectivity index (χ0n) is 11.9. The largest absolute Gasteiger partial charge is 0.497 e. The van der Waals surface area contributed by atoms with Crippen LogP contribution in [0.4, 0.5) is 4.79 Å². The first-order valence-electron chi connectivity index (χ1n) is 6.61. The van der Waals surface area contributed by atoms with Crippen molar-refractivity contribution in [1.82, 2.24) is 16.0 Å². The van der Waals surface area contributed by atoms with E-state index in [-0.39, 0.29) is 11.9 Å². The van der Waals surface area contributed by atoms with Gasteiger partial charge in [0.15, 0.2) is 0 Å². The van der Waals surface area contributed by atoms with Gasteiger partial charge in [-0.15, -0.1) is 0 Å². The lowest BCUT2D eigenvalue weighted by molar-refractivity contribution is 0.0954. The van der Waals surface area contributed by atoms with Crippen LogP contribution in [-0.4, -0.2) is 38.7 Å². The second-order valence-corrected chi connectivity index (χ2v) is 4.17. The molecule has 3 N–H and O–H groups in total. The fourth-order valence-electron chi connectivity index (χ4n) is 1.50. The first-order chi connectivity index (χ1) is 9.67. The summed E-state index contributed by atoms with van der Waals surface area (Å²) in [6, 6.07) is 6.62. The molecule has 0 bridgehead atoms. The van der Waals surface area contributed by atoms with Crippen LogP contribution < -0.4 is 20.7 Å². The number of methoxy groups -OCH3 is 1. The van der Waals surface area contributed by atoms with Crippen molar-refractivity contribution in [2.45, 2.75) is 13.3 Å². The quantitative estimate of drug-likeness (QED) is 0.655. The topological polar surface area (TPSA) is 79.5 Å². The van der Waals surface area contributed by atoms with Gasteiger partial charge >= 0.3 is 6.03 Å². The summed E-state index contributed by atoms with van der Waals surface area (Å²) in [6.45, 7) is 3.39. The molecule has 1 aromatic rings. The van der Waals surface area contributed by atoms with E-state index in [1.807, 2.05) is 6.92 Å². The van der Waals surface area contributed by atoms with E-state index in [1.165, 1.54) is 0 Å². The van der Waals surface area contributed by atoms with Crippen molar-refractivity contribution in [3.8, 4) is 5.75 Å². The molecule has 6 heteroatoms. The lowest BCUT2D eigenvalue weighted by Crippen LogP contribution is -2.40. The Hall–Kier alpha value is -2.24. The number of carbonyl (C=O) groups excluding carboxylic acids is 2. The second kappa shape index (κ2) is 8.79. The van der Waals surface area contributed by atoms with Gasteiger partial charge in [-0.05, 0) is 30.7 Å². The SMILES string of the molecule is CCCNC(=O)NCCNC(=O)c1ccc(OC)cc1. The first-order valence-corrected chi connectivity index (χ1v) is 6.61. The summed E-state index contributed by atoms with van der Waals surface area (Å²) in [4.78, 5) is 23.0. The number of benzene rings is 1. The lowest BCUT2D eigenvalue weighted by atomic mass is 10.2. The van der Waals surface area contributed by atoms with E-state index < -0.39 is 0 Å². The maximum absolute atomic E-state index is 11.8. The standard InChI is InChI=1S/C14H21N3O3/c1-3-8-16-14(19)17-10-9-15-13(18)11-4-6-12(20-2)7-5-11/h4-7H,3,8-10H2,1-2H3,(H,15,18)(H2,16,17,19). The Morgan fingerprint density at radius 3 is 2.20 bits per heavy atom. The Bertz CT molecular complexity index is 432. The number of hydrogen-bond acceptors (Lipinski definition) is 3. The Labute approximate surface area is 118 Å². The highest BCUT2D eigenvalue weighted by Crippen LogP contribution is 2.10. The maximum Gasteiger partial charge on any atom is 0.314 e. The molecule has 0 unspecified atom stereocenters. The van der Waals surface area contributed by atoms with Crippen molar-refractivity contribution in [3.05, 3.63) is 29.8 Å². The van der Waals surface area contributed by atoms with E-state index in [2.05, 4.69) is 16.0 Å². The molecule has 0 heterocycles. The molecule has 0 aliphatic carbocycles. The average molecular weight is 279 g/mol. The number of hydrogen-bond donors (Lipinski definition) is 3. The molecule has 6 nitrogen and oxygen atoms in total. The number of carbonyl (C=O) groups is 2.